The molecule has 3 aliphatic heterocycles. The average molecular weight is 1070 g/mol. The molecule has 4 aromatic heterocycles. The van der Waals surface area contributed by atoms with Crippen molar-refractivity contribution in [2.75, 3.05) is 9.80 Å². The van der Waals surface area contributed by atoms with Crippen LogP contribution in [0.4, 0.5) is 22.7 Å². The summed E-state index contributed by atoms with van der Waals surface area (Å²) in [5.74, 6) is 0. The second-order valence-electron chi connectivity index (χ2n) is 21.5. The van der Waals surface area contributed by atoms with Crippen molar-refractivity contribution >= 4 is 68.5 Å². The molecule has 77 heavy (non-hydrogen) atoms. The van der Waals surface area contributed by atoms with E-state index in [1.54, 1.807) is 0 Å². The lowest BCUT2D eigenvalue weighted by atomic mass is 9.67. The summed E-state index contributed by atoms with van der Waals surface area (Å²) in [6.07, 6.45) is 14.9. The predicted molar refractivity (Wildman–Crippen MR) is 333 cm³/mol. The molecule has 0 bridgehead atoms. The Morgan fingerprint density at radius 1 is 0.532 bits per heavy atom. The molecule has 1 aliphatic carbocycles. The number of thiophene rings is 3. The molecule has 1 atom stereocenters. The highest BCUT2D eigenvalue weighted by Gasteiger charge is 2.52. The van der Waals surface area contributed by atoms with Crippen LogP contribution in [0.3, 0.4) is 0 Å². The maximum atomic E-state index is 5.51. The Bertz CT molecular complexity index is 3870. The zero-order valence-electron chi connectivity index (χ0n) is 44.7. The standard InChI is InChI=1S/C70H61N3S4/c1-8-18-60-48(5)69(64-38-27-45(2)74-64,65-39-28-46(3)75-65)55-21-12-15-24-61(55)72(60)53-34-30-50(31-35-53)58-43-52(49-19-10-9-11-20-49)44-59(71-58)51-32-36-54(37-33-51)73-62-25-16-13-22-56(62)70(66-40-29-47(4)76-66,57-23-14-17-26-63(57)73)67-41-42-68(6,7)77-67/h8-16,18-25,27-41,43-44H,17,26,42H2,1-7H3/b18-8-. The van der Waals surface area contributed by atoms with E-state index >= 15 is 0 Å². The van der Waals surface area contributed by atoms with Gasteiger partial charge in [0.05, 0.1) is 33.6 Å². The van der Waals surface area contributed by atoms with Crippen molar-refractivity contribution in [3.05, 3.63) is 274 Å². The van der Waals surface area contributed by atoms with Crippen molar-refractivity contribution < 1.29 is 0 Å². The molecular formula is C70H61N3S4. The van der Waals surface area contributed by atoms with Gasteiger partial charge in [0.2, 0.25) is 0 Å². The van der Waals surface area contributed by atoms with Crippen LogP contribution in [-0.4, -0.2) is 9.73 Å². The van der Waals surface area contributed by atoms with E-state index in [9.17, 15) is 0 Å². The van der Waals surface area contributed by atoms with Crippen molar-refractivity contribution in [3.8, 4) is 33.6 Å². The van der Waals surface area contributed by atoms with Crippen molar-refractivity contribution in [2.24, 2.45) is 0 Å². The number of pyridine rings is 1. The first-order chi connectivity index (χ1) is 37.5. The lowest BCUT2D eigenvalue weighted by molar-refractivity contribution is 0.711. The van der Waals surface area contributed by atoms with Gasteiger partial charge < -0.3 is 9.80 Å². The Kier molecular flexibility index (Phi) is 12.5. The van der Waals surface area contributed by atoms with Crippen LogP contribution in [-0.2, 0) is 10.8 Å². The van der Waals surface area contributed by atoms with Gasteiger partial charge in [-0.25, -0.2) is 4.98 Å². The molecule has 7 heteroatoms. The number of allylic oxidation sites excluding steroid dienone is 9. The number of benzene rings is 5. The molecule has 0 N–H and O–H groups in total. The highest BCUT2D eigenvalue weighted by Crippen LogP contribution is 2.64. The van der Waals surface area contributed by atoms with Crippen molar-refractivity contribution in [2.45, 2.75) is 83.3 Å². The number of anilines is 4. The van der Waals surface area contributed by atoms with Crippen LogP contribution in [0, 0.1) is 20.8 Å². The lowest BCUT2D eigenvalue weighted by Crippen LogP contribution is -2.40. The molecule has 0 saturated heterocycles. The van der Waals surface area contributed by atoms with Crippen LogP contribution >= 0.6 is 45.8 Å². The van der Waals surface area contributed by atoms with E-state index in [-0.39, 0.29) is 10.2 Å². The van der Waals surface area contributed by atoms with Gasteiger partial charge in [-0.3, -0.25) is 0 Å². The van der Waals surface area contributed by atoms with Crippen LogP contribution in [0.5, 0.6) is 0 Å². The van der Waals surface area contributed by atoms with Crippen LogP contribution < -0.4 is 9.80 Å². The number of fused-ring (bicyclic) bond motifs is 2. The summed E-state index contributed by atoms with van der Waals surface area (Å²) in [5, 5.41) is 0. The van der Waals surface area contributed by atoms with Gasteiger partial charge in [0.15, 0.2) is 0 Å². The Balaban J connectivity index is 0.898. The van der Waals surface area contributed by atoms with Gasteiger partial charge in [-0.05, 0) is 178 Å². The molecule has 3 nitrogen and oxygen atoms in total. The first kappa shape index (κ1) is 49.6. The summed E-state index contributed by atoms with van der Waals surface area (Å²) in [6, 6.07) is 65.8. The predicted octanol–water partition coefficient (Wildman–Crippen LogP) is 20.4. The normalized spacial score (nSPS) is 18.5. The van der Waals surface area contributed by atoms with Gasteiger partial charge in [0.25, 0.3) is 0 Å². The van der Waals surface area contributed by atoms with E-state index in [0.29, 0.717) is 0 Å². The molecular weight excluding hydrogens is 1010 g/mol. The van der Waals surface area contributed by atoms with Crippen LogP contribution in [0.25, 0.3) is 33.6 Å². The van der Waals surface area contributed by atoms with Gasteiger partial charge in [-0.1, -0.05) is 129 Å². The molecule has 0 saturated carbocycles. The Labute approximate surface area is 471 Å². The Morgan fingerprint density at radius 3 is 1.58 bits per heavy atom. The fourth-order valence-corrected chi connectivity index (χ4v) is 17.5. The number of para-hydroxylation sites is 2. The molecule has 0 fully saturated rings. The summed E-state index contributed by atoms with van der Waals surface area (Å²) in [5.41, 5.74) is 18.2. The SMILES string of the molecule is C/C=C\C1=C(C)C(c2ccc(C)s2)(c2ccc(C)s2)c2ccccc2N1c1ccc(-c2cc(-c3ccccc3)cc(-c3ccc(N4C5=C(C=CCC5)C(C5=CCC(C)(C)S5)(c5ccc(C)s5)c5ccccc54)cc3)n2)cc1. The van der Waals surface area contributed by atoms with E-state index in [4.69, 9.17) is 4.98 Å². The number of hydrogen-bond acceptors (Lipinski definition) is 7. The molecule has 0 spiro atoms. The summed E-state index contributed by atoms with van der Waals surface area (Å²) in [4.78, 5) is 20.1. The van der Waals surface area contributed by atoms with Crippen LogP contribution in [0.2, 0.25) is 0 Å². The number of aryl methyl sites for hydroxylation is 3. The number of rotatable bonds is 10. The second-order valence-corrected chi connectivity index (χ2v) is 27.1. The minimum atomic E-state index is -0.416. The fourth-order valence-electron chi connectivity index (χ4n) is 12.6. The molecule has 4 aliphatic rings. The summed E-state index contributed by atoms with van der Waals surface area (Å²) in [6.45, 7) is 16.0. The minimum Gasteiger partial charge on any atom is -0.314 e. The molecule has 0 amide bonds. The minimum absolute atomic E-state index is 0.139. The number of aromatic nitrogens is 1. The van der Waals surface area contributed by atoms with E-state index in [1.807, 2.05) is 34.0 Å². The zero-order chi connectivity index (χ0) is 52.6. The molecule has 380 valence electrons. The summed E-state index contributed by atoms with van der Waals surface area (Å²) in [7, 11) is 0. The smallest absolute Gasteiger partial charge is 0.0888 e. The molecule has 13 rings (SSSR count). The Morgan fingerprint density at radius 2 is 1.05 bits per heavy atom. The highest BCUT2D eigenvalue weighted by molar-refractivity contribution is 8.04. The first-order valence-corrected chi connectivity index (χ1v) is 30.2. The third kappa shape index (κ3) is 8.15. The summed E-state index contributed by atoms with van der Waals surface area (Å²) < 4.78 is 0.139. The van der Waals surface area contributed by atoms with Crippen molar-refractivity contribution in [1.82, 2.24) is 4.98 Å². The van der Waals surface area contributed by atoms with Gasteiger partial charge in [-0.15, -0.1) is 45.8 Å². The van der Waals surface area contributed by atoms with E-state index in [2.05, 4.69) is 276 Å². The van der Waals surface area contributed by atoms with E-state index in [1.165, 1.54) is 79.2 Å². The number of nitrogens with zero attached hydrogens (tertiary/aromatic N) is 3. The topological polar surface area (TPSA) is 19.4 Å². The lowest BCUT2D eigenvalue weighted by Gasteiger charge is -2.48. The van der Waals surface area contributed by atoms with Crippen molar-refractivity contribution in [3.63, 3.8) is 0 Å². The maximum absolute atomic E-state index is 5.51. The third-order valence-electron chi connectivity index (χ3n) is 16.1. The van der Waals surface area contributed by atoms with Gasteiger partial charge in [-0.2, -0.15) is 0 Å². The van der Waals surface area contributed by atoms with Gasteiger partial charge in [0.1, 0.15) is 0 Å². The third-order valence-corrected chi connectivity index (χ3v) is 20.8. The largest absolute Gasteiger partial charge is 0.314 e. The fraction of sp³-hybridized carbons (Fsp3) is 0.186. The average Bonchev–Trinajstić information content (AvgIpc) is 4.50. The number of thioether (sulfide) groups is 1. The highest BCUT2D eigenvalue weighted by atomic mass is 32.2. The van der Waals surface area contributed by atoms with E-state index < -0.39 is 5.41 Å². The van der Waals surface area contributed by atoms with Crippen LogP contribution in [0.1, 0.15) is 87.3 Å². The molecule has 5 aromatic carbocycles. The number of hydrogen-bond donors (Lipinski definition) is 0. The monoisotopic (exact) mass is 1070 g/mol. The van der Waals surface area contributed by atoms with Crippen molar-refractivity contribution in [1.29, 1.82) is 0 Å². The molecule has 7 heterocycles. The summed E-state index contributed by atoms with van der Waals surface area (Å²) >= 11 is 7.83. The van der Waals surface area contributed by atoms with E-state index in [0.717, 1.165) is 64.3 Å². The van der Waals surface area contributed by atoms with Gasteiger partial charge in [0, 0.05) is 72.8 Å². The molecule has 1 unspecified atom stereocenters. The quantitative estimate of drug-likeness (QED) is 0.136. The zero-order valence-corrected chi connectivity index (χ0v) is 48.0. The molecule has 0 radical (unpaired) electrons. The van der Waals surface area contributed by atoms with Crippen LogP contribution in [0.15, 0.2) is 234 Å². The maximum Gasteiger partial charge on any atom is 0.0888 e. The Hall–Kier alpha value is -7.00. The van der Waals surface area contributed by atoms with Gasteiger partial charge >= 0.3 is 0 Å². The second kappa shape index (κ2) is 19.5. The first-order valence-electron chi connectivity index (χ1n) is 26.9. The molecule has 9 aromatic rings.